The van der Waals surface area contributed by atoms with Crippen LogP contribution in [0.2, 0.25) is 0 Å². The van der Waals surface area contributed by atoms with E-state index >= 15 is 0 Å². The normalized spacial score (nSPS) is 28.1. The number of rotatable bonds is 4. The molecule has 3 aliphatic rings. The van der Waals surface area contributed by atoms with Crippen LogP contribution in [0.1, 0.15) is 30.9 Å². The van der Waals surface area contributed by atoms with Gasteiger partial charge in [-0.05, 0) is 42.9 Å². The lowest BCUT2D eigenvalue weighted by Crippen LogP contribution is -2.39. The predicted octanol–water partition coefficient (Wildman–Crippen LogP) is 1.91. The number of hydrogen-bond acceptors (Lipinski definition) is 5. The van der Waals surface area contributed by atoms with Gasteiger partial charge in [0.05, 0.1) is 7.11 Å². The summed E-state index contributed by atoms with van der Waals surface area (Å²) in [4.78, 5) is 2.57. The number of benzene rings is 1. The molecule has 0 spiro atoms. The average molecular weight is 290 g/mol. The number of nitrogens with zero attached hydrogens (tertiary/aromatic N) is 1. The van der Waals surface area contributed by atoms with Crippen molar-refractivity contribution in [3.63, 3.8) is 0 Å². The molecule has 0 radical (unpaired) electrons. The topological polar surface area (TPSA) is 57.0 Å². The first-order chi connectivity index (χ1) is 10.3. The van der Waals surface area contributed by atoms with E-state index in [0.29, 0.717) is 18.3 Å². The highest BCUT2D eigenvalue weighted by Gasteiger charge is 2.41. The first-order valence-electron chi connectivity index (χ1n) is 7.73. The van der Waals surface area contributed by atoms with E-state index in [4.69, 9.17) is 19.9 Å². The Kier molecular flexibility index (Phi) is 3.19. The van der Waals surface area contributed by atoms with E-state index in [-0.39, 0.29) is 12.8 Å². The summed E-state index contributed by atoms with van der Waals surface area (Å²) in [6, 6.07) is 5.05. The number of fused-ring (bicyclic) bond motifs is 3. The Balaban J connectivity index is 1.68. The van der Waals surface area contributed by atoms with Crippen molar-refractivity contribution in [3.05, 3.63) is 17.7 Å². The summed E-state index contributed by atoms with van der Waals surface area (Å²) >= 11 is 0. The molecule has 0 aromatic heterocycles. The SMILES string of the molecule is COc1cc(C(CN)N2CC3CCC2C3)cc2c1OCO2. The second-order valence-electron chi connectivity index (χ2n) is 6.24. The van der Waals surface area contributed by atoms with Crippen molar-refractivity contribution in [2.24, 2.45) is 11.7 Å². The molecule has 3 unspecified atom stereocenters. The fourth-order valence-corrected chi connectivity index (χ4v) is 4.15. The molecule has 114 valence electrons. The van der Waals surface area contributed by atoms with E-state index in [1.54, 1.807) is 7.11 Å². The van der Waals surface area contributed by atoms with Crippen molar-refractivity contribution in [2.75, 3.05) is 27.0 Å². The standard InChI is InChI=1S/C16H22N2O3/c1-19-14-5-11(6-15-16(14)21-9-20-15)13(7-17)18-8-10-2-3-12(18)4-10/h5-6,10,12-13H,2-4,7-9,17H2,1H3. The van der Waals surface area contributed by atoms with Gasteiger partial charge in [-0.1, -0.05) is 0 Å². The van der Waals surface area contributed by atoms with Crippen molar-refractivity contribution >= 4 is 0 Å². The lowest BCUT2D eigenvalue weighted by Gasteiger charge is -2.34. The third kappa shape index (κ3) is 2.07. The summed E-state index contributed by atoms with van der Waals surface area (Å²) in [5.41, 5.74) is 7.27. The van der Waals surface area contributed by atoms with Crippen LogP contribution >= 0.6 is 0 Å². The molecule has 1 aromatic carbocycles. The fourth-order valence-electron chi connectivity index (χ4n) is 4.15. The Hall–Kier alpha value is -1.46. The van der Waals surface area contributed by atoms with Gasteiger partial charge in [-0.3, -0.25) is 4.90 Å². The maximum Gasteiger partial charge on any atom is 0.231 e. The third-order valence-electron chi connectivity index (χ3n) is 5.14. The molecule has 2 heterocycles. The molecule has 0 amide bonds. The van der Waals surface area contributed by atoms with Gasteiger partial charge in [0.1, 0.15) is 0 Å². The Morgan fingerprint density at radius 1 is 1.38 bits per heavy atom. The van der Waals surface area contributed by atoms with Crippen molar-refractivity contribution in [1.82, 2.24) is 4.90 Å². The molecule has 21 heavy (non-hydrogen) atoms. The molecule has 2 N–H and O–H groups in total. The third-order valence-corrected chi connectivity index (χ3v) is 5.14. The Morgan fingerprint density at radius 3 is 2.95 bits per heavy atom. The van der Waals surface area contributed by atoms with Gasteiger partial charge in [0, 0.05) is 25.2 Å². The molecule has 1 saturated carbocycles. The zero-order valence-electron chi connectivity index (χ0n) is 12.4. The van der Waals surface area contributed by atoms with Crippen LogP contribution in [0, 0.1) is 5.92 Å². The predicted molar refractivity (Wildman–Crippen MR) is 78.7 cm³/mol. The Morgan fingerprint density at radius 2 is 2.29 bits per heavy atom. The molecule has 3 atom stereocenters. The molecule has 2 aliphatic heterocycles. The van der Waals surface area contributed by atoms with Gasteiger partial charge in [-0.2, -0.15) is 0 Å². The number of likely N-dealkylation sites (tertiary alicyclic amines) is 1. The monoisotopic (exact) mass is 290 g/mol. The van der Waals surface area contributed by atoms with Crippen LogP contribution in [0.15, 0.2) is 12.1 Å². The minimum Gasteiger partial charge on any atom is -0.493 e. The minimum atomic E-state index is 0.240. The van der Waals surface area contributed by atoms with E-state index in [1.807, 2.05) is 0 Å². The highest BCUT2D eigenvalue weighted by Crippen LogP contribution is 2.46. The summed E-state index contributed by atoms with van der Waals surface area (Å²) < 4.78 is 16.5. The van der Waals surface area contributed by atoms with Gasteiger partial charge in [-0.25, -0.2) is 0 Å². The molecule has 2 fully saturated rings. The molecule has 4 rings (SSSR count). The number of piperidine rings is 1. The van der Waals surface area contributed by atoms with E-state index in [0.717, 1.165) is 17.4 Å². The van der Waals surface area contributed by atoms with Crippen molar-refractivity contribution < 1.29 is 14.2 Å². The maximum absolute atomic E-state index is 6.10. The summed E-state index contributed by atoms with van der Waals surface area (Å²) in [6.45, 7) is 2.05. The molecule has 1 saturated heterocycles. The lowest BCUT2D eigenvalue weighted by molar-refractivity contribution is 0.152. The molecule has 1 aliphatic carbocycles. The van der Waals surface area contributed by atoms with E-state index < -0.39 is 0 Å². The maximum atomic E-state index is 6.10. The highest BCUT2D eigenvalue weighted by molar-refractivity contribution is 5.55. The number of hydrogen-bond donors (Lipinski definition) is 1. The van der Waals surface area contributed by atoms with Crippen molar-refractivity contribution in [2.45, 2.75) is 31.3 Å². The van der Waals surface area contributed by atoms with E-state index in [1.165, 1.54) is 31.4 Å². The Bertz CT molecular complexity index is 549. The zero-order chi connectivity index (χ0) is 14.4. The fraction of sp³-hybridized carbons (Fsp3) is 0.625. The van der Waals surface area contributed by atoms with Crippen LogP contribution < -0.4 is 19.9 Å². The van der Waals surface area contributed by atoms with Gasteiger partial charge in [-0.15, -0.1) is 0 Å². The largest absolute Gasteiger partial charge is 0.493 e. The quantitative estimate of drug-likeness (QED) is 0.918. The molecule has 5 nitrogen and oxygen atoms in total. The number of methoxy groups -OCH3 is 1. The summed E-state index contributed by atoms with van der Waals surface area (Å²) in [6.07, 6.45) is 4.02. The van der Waals surface area contributed by atoms with Crippen LogP contribution in [0.5, 0.6) is 17.2 Å². The molecule has 5 heteroatoms. The molecule has 1 aromatic rings. The van der Waals surface area contributed by atoms with Gasteiger partial charge >= 0.3 is 0 Å². The van der Waals surface area contributed by atoms with Crippen LogP contribution in [0.4, 0.5) is 0 Å². The Labute approximate surface area is 125 Å². The second kappa shape index (κ2) is 5.07. The second-order valence-corrected chi connectivity index (χ2v) is 6.24. The first kappa shape index (κ1) is 13.2. The van der Waals surface area contributed by atoms with Crippen molar-refractivity contribution in [3.8, 4) is 17.2 Å². The van der Waals surface area contributed by atoms with Gasteiger partial charge in [0.25, 0.3) is 0 Å². The van der Waals surface area contributed by atoms with E-state index in [2.05, 4.69) is 17.0 Å². The van der Waals surface area contributed by atoms with Crippen LogP contribution in [-0.4, -0.2) is 37.9 Å². The van der Waals surface area contributed by atoms with Crippen molar-refractivity contribution in [1.29, 1.82) is 0 Å². The summed E-state index contributed by atoms with van der Waals surface area (Å²) in [5.74, 6) is 3.08. The molecular weight excluding hydrogens is 268 g/mol. The zero-order valence-corrected chi connectivity index (χ0v) is 12.4. The summed E-state index contributed by atoms with van der Waals surface area (Å²) in [7, 11) is 1.66. The van der Waals surface area contributed by atoms with Gasteiger partial charge in [0.2, 0.25) is 12.5 Å². The van der Waals surface area contributed by atoms with Gasteiger partial charge < -0.3 is 19.9 Å². The van der Waals surface area contributed by atoms with Gasteiger partial charge in [0.15, 0.2) is 11.5 Å². The van der Waals surface area contributed by atoms with Crippen LogP contribution in [0.3, 0.4) is 0 Å². The number of ether oxygens (including phenoxy) is 3. The number of nitrogens with two attached hydrogens (primary N) is 1. The highest BCUT2D eigenvalue weighted by atomic mass is 16.7. The van der Waals surface area contributed by atoms with Crippen LogP contribution in [0.25, 0.3) is 0 Å². The average Bonchev–Trinajstić information content (AvgIpc) is 3.23. The van der Waals surface area contributed by atoms with E-state index in [9.17, 15) is 0 Å². The smallest absolute Gasteiger partial charge is 0.231 e. The molecular formula is C16H22N2O3. The van der Waals surface area contributed by atoms with Crippen LogP contribution in [-0.2, 0) is 0 Å². The summed E-state index contributed by atoms with van der Waals surface area (Å²) in [5, 5.41) is 0. The molecule has 2 bridgehead atoms. The minimum absolute atomic E-state index is 0.240. The first-order valence-corrected chi connectivity index (χ1v) is 7.73. The lowest BCUT2D eigenvalue weighted by atomic mass is 10.0.